The summed E-state index contributed by atoms with van der Waals surface area (Å²) in [6.45, 7) is 1.59. The molecule has 0 radical (unpaired) electrons. The lowest BCUT2D eigenvalue weighted by Gasteiger charge is -2.09. The number of sulfone groups is 1. The first-order chi connectivity index (χ1) is 11.0. The largest absolute Gasteiger partial charge is 0.340 e. The number of nitrogens with zero attached hydrogens (tertiary/aromatic N) is 3. The molecule has 0 aliphatic heterocycles. The van der Waals surface area contributed by atoms with Gasteiger partial charge in [0.1, 0.15) is 12.1 Å². The van der Waals surface area contributed by atoms with Crippen LogP contribution in [0.25, 0.3) is 10.9 Å². The molecule has 0 bridgehead atoms. The van der Waals surface area contributed by atoms with Crippen molar-refractivity contribution in [3.63, 3.8) is 0 Å². The summed E-state index contributed by atoms with van der Waals surface area (Å²) in [5.41, 5.74) is 1.41. The van der Waals surface area contributed by atoms with Gasteiger partial charge in [-0.1, -0.05) is 28.9 Å². The fourth-order valence-corrected chi connectivity index (χ4v) is 3.27. The molecular weight excluding hydrogens is 380 g/mol. The number of pyridine rings is 1. The van der Waals surface area contributed by atoms with Crippen LogP contribution in [0.1, 0.15) is 6.92 Å². The van der Waals surface area contributed by atoms with Crippen molar-refractivity contribution in [3.05, 3.63) is 47.3 Å². The summed E-state index contributed by atoms with van der Waals surface area (Å²) in [5, 5.41) is 3.81. The normalized spacial score (nSPS) is 11.6. The van der Waals surface area contributed by atoms with Crippen LogP contribution in [0.15, 0.2) is 52.4 Å². The maximum Gasteiger partial charge on any atom is 0.195 e. The molecule has 0 aliphatic carbocycles. The van der Waals surface area contributed by atoms with Gasteiger partial charge in [-0.2, -0.15) is 0 Å². The highest BCUT2D eigenvalue weighted by Gasteiger charge is 2.15. The van der Waals surface area contributed by atoms with Gasteiger partial charge in [0.25, 0.3) is 0 Å². The topological polar surface area (TPSA) is 84.8 Å². The number of fused-ring (bicyclic) bond motifs is 1. The number of anilines is 2. The Morgan fingerprint density at radius 1 is 1.17 bits per heavy atom. The van der Waals surface area contributed by atoms with Gasteiger partial charge in [0.2, 0.25) is 0 Å². The Labute approximate surface area is 142 Å². The Balaban J connectivity index is 2.11. The van der Waals surface area contributed by atoms with Crippen molar-refractivity contribution in [1.82, 2.24) is 15.0 Å². The van der Waals surface area contributed by atoms with E-state index in [0.717, 1.165) is 10.2 Å². The maximum absolute atomic E-state index is 12.0. The van der Waals surface area contributed by atoms with Crippen molar-refractivity contribution in [1.29, 1.82) is 0 Å². The van der Waals surface area contributed by atoms with Gasteiger partial charge >= 0.3 is 0 Å². The number of benzene rings is 1. The van der Waals surface area contributed by atoms with E-state index in [1.54, 1.807) is 6.92 Å². The minimum Gasteiger partial charge on any atom is -0.340 e. The molecule has 0 saturated heterocycles. The van der Waals surface area contributed by atoms with E-state index in [4.69, 9.17) is 0 Å². The van der Waals surface area contributed by atoms with Gasteiger partial charge in [-0.25, -0.2) is 23.4 Å². The molecule has 1 aromatic carbocycles. The first kappa shape index (κ1) is 15.8. The third-order valence-corrected chi connectivity index (χ3v) is 5.40. The first-order valence-electron chi connectivity index (χ1n) is 6.86. The average Bonchev–Trinajstić information content (AvgIpc) is 2.55. The zero-order chi connectivity index (χ0) is 16.4. The van der Waals surface area contributed by atoms with E-state index in [1.807, 2.05) is 24.3 Å². The summed E-state index contributed by atoms with van der Waals surface area (Å²) in [4.78, 5) is 12.4. The monoisotopic (exact) mass is 392 g/mol. The molecule has 6 nitrogen and oxygen atoms in total. The average molecular weight is 393 g/mol. The van der Waals surface area contributed by atoms with Crippen LogP contribution >= 0.6 is 15.9 Å². The molecule has 0 spiro atoms. The highest BCUT2D eigenvalue weighted by molar-refractivity contribution is 9.10. The number of hydrogen-bond donors (Lipinski definition) is 1. The SMILES string of the molecule is CCS(=O)(=O)c1cc2c(Nc3cccc(Br)c3)ncnc2cn1. The highest BCUT2D eigenvalue weighted by atomic mass is 79.9. The van der Waals surface area contributed by atoms with Gasteiger partial charge in [-0.05, 0) is 24.3 Å². The van der Waals surface area contributed by atoms with Gasteiger partial charge in [0.15, 0.2) is 14.9 Å². The van der Waals surface area contributed by atoms with Crippen LogP contribution < -0.4 is 5.32 Å². The Morgan fingerprint density at radius 3 is 2.74 bits per heavy atom. The summed E-state index contributed by atoms with van der Waals surface area (Å²) in [6.07, 6.45) is 2.87. The van der Waals surface area contributed by atoms with Crippen molar-refractivity contribution in [2.24, 2.45) is 0 Å². The summed E-state index contributed by atoms with van der Waals surface area (Å²) >= 11 is 3.41. The van der Waals surface area contributed by atoms with E-state index in [1.165, 1.54) is 18.6 Å². The standard InChI is InChI=1S/C15H13BrN4O2S/c1-2-23(21,22)14-7-12-13(8-17-14)18-9-19-15(12)20-11-5-3-4-10(16)6-11/h3-9H,2H2,1H3,(H,18,19,20). The zero-order valence-electron chi connectivity index (χ0n) is 12.2. The molecule has 23 heavy (non-hydrogen) atoms. The number of halogens is 1. The molecule has 8 heteroatoms. The second-order valence-corrected chi connectivity index (χ2v) is 7.94. The molecule has 1 N–H and O–H groups in total. The molecule has 118 valence electrons. The maximum atomic E-state index is 12.0. The minimum atomic E-state index is -3.39. The molecule has 2 aromatic heterocycles. The lowest BCUT2D eigenvalue weighted by molar-refractivity contribution is 0.594. The molecule has 3 rings (SSSR count). The van der Waals surface area contributed by atoms with E-state index in [-0.39, 0.29) is 10.8 Å². The van der Waals surface area contributed by atoms with Crippen LogP contribution in [-0.4, -0.2) is 29.1 Å². The Morgan fingerprint density at radius 2 is 2.00 bits per heavy atom. The van der Waals surface area contributed by atoms with Gasteiger partial charge in [-0.15, -0.1) is 0 Å². The third-order valence-electron chi connectivity index (χ3n) is 3.28. The summed E-state index contributed by atoms with van der Waals surface area (Å²) in [6, 6.07) is 9.11. The molecular formula is C15H13BrN4O2S. The van der Waals surface area contributed by atoms with Crippen LogP contribution in [0.3, 0.4) is 0 Å². The van der Waals surface area contributed by atoms with E-state index in [9.17, 15) is 8.42 Å². The van der Waals surface area contributed by atoms with Crippen molar-refractivity contribution < 1.29 is 8.42 Å². The van der Waals surface area contributed by atoms with Crippen molar-refractivity contribution in [2.75, 3.05) is 11.1 Å². The molecule has 0 amide bonds. The van der Waals surface area contributed by atoms with Gasteiger partial charge in [0, 0.05) is 15.5 Å². The fourth-order valence-electron chi connectivity index (χ4n) is 2.06. The molecule has 0 atom stereocenters. The molecule has 0 unspecified atom stereocenters. The smallest absolute Gasteiger partial charge is 0.195 e. The van der Waals surface area contributed by atoms with Gasteiger partial charge < -0.3 is 5.32 Å². The molecule has 3 aromatic rings. The quantitative estimate of drug-likeness (QED) is 0.732. The second-order valence-electron chi connectivity index (χ2n) is 4.80. The summed E-state index contributed by atoms with van der Waals surface area (Å²) < 4.78 is 25.0. The highest BCUT2D eigenvalue weighted by Crippen LogP contribution is 2.25. The predicted octanol–water partition coefficient (Wildman–Crippen LogP) is 3.32. The Bertz CT molecular complexity index is 976. The van der Waals surface area contributed by atoms with Crippen LogP contribution in [-0.2, 0) is 9.84 Å². The van der Waals surface area contributed by atoms with Crippen LogP contribution in [0.2, 0.25) is 0 Å². The van der Waals surface area contributed by atoms with Crippen LogP contribution in [0.4, 0.5) is 11.5 Å². The van der Waals surface area contributed by atoms with Crippen LogP contribution in [0, 0.1) is 0 Å². The second kappa shape index (κ2) is 6.21. The zero-order valence-corrected chi connectivity index (χ0v) is 14.6. The summed E-state index contributed by atoms with van der Waals surface area (Å²) in [7, 11) is -3.39. The Kier molecular flexibility index (Phi) is 4.27. The van der Waals surface area contributed by atoms with Crippen LogP contribution in [0.5, 0.6) is 0 Å². The number of nitrogens with one attached hydrogen (secondary N) is 1. The van der Waals surface area contributed by atoms with Crippen molar-refractivity contribution in [2.45, 2.75) is 11.9 Å². The number of aromatic nitrogens is 3. The van der Waals surface area contributed by atoms with Crippen molar-refractivity contribution >= 4 is 48.2 Å². The first-order valence-corrected chi connectivity index (χ1v) is 9.30. The van der Waals surface area contributed by atoms with Crippen molar-refractivity contribution in [3.8, 4) is 0 Å². The van der Waals surface area contributed by atoms with E-state index in [2.05, 4.69) is 36.2 Å². The van der Waals surface area contributed by atoms with Gasteiger partial charge in [-0.3, -0.25) is 0 Å². The van der Waals surface area contributed by atoms with E-state index >= 15 is 0 Å². The van der Waals surface area contributed by atoms with E-state index < -0.39 is 9.84 Å². The summed E-state index contributed by atoms with van der Waals surface area (Å²) in [5.74, 6) is 0.524. The molecule has 2 heterocycles. The fraction of sp³-hybridized carbons (Fsp3) is 0.133. The number of hydrogen-bond acceptors (Lipinski definition) is 6. The molecule has 0 aliphatic rings. The third kappa shape index (κ3) is 3.32. The number of rotatable bonds is 4. The van der Waals surface area contributed by atoms with Gasteiger partial charge in [0.05, 0.1) is 17.5 Å². The minimum absolute atomic E-state index is 0.00636. The lowest BCUT2D eigenvalue weighted by Crippen LogP contribution is -2.06. The molecule has 0 fully saturated rings. The Hall–Kier alpha value is -2.06. The predicted molar refractivity (Wildman–Crippen MR) is 92.5 cm³/mol. The van der Waals surface area contributed by atoms with E-state index in [0.29, 0.717) is 16.7 Å². The molecule has 0 saturated carbocycles. The lowest BCUT2D eigenvalue weighted by atomic mass is 10.2.